The van der Waals surface area contributed by atoms with Gasteiger partial charge in [0.05, 0.1) is 0 Å². The Hall–Kier alpha value is 0.730. The molecule has 0 unspecified atom stereocenters. The van der Waals surface area contributed by atoms with Crippen LogP contribution >= 0.6 is 28.3 Å². The topological polar surface area (TPSA) is 12.0 Å². The Morgan fingerprint density at radius 1 is 1.50 bits per heavy atom. The third kappa shape index (κ3) is 1.45. The van der Waals surface area contributed by atoms with Gasteiger partial charge in [-0.15, -0.1) is 12.4 Å². The molecule has 0 spiro atoms. The van der Waals surface area contributed by atoms with Gasteiger partial charge in [-0.2, -0.15) is 0 Å². The van der Waals surface area contributed by atoms with Gasteiger partial charge in [0.1, 0.15) is 0 Å². The second kappa shape index (κ2) is 2.83. The van der Waals surface area contributed by atoms with E-state index in [9.17, 15) is 0 Å². The molecule has 1 rings (SSSR count). The van der Waals surface area contributed by atoms with E-state index in [1.807, 2.05) is 0 Å². The molecule has 1 N–H and O–H groups in total. The fraction of sp³-hybridized carbons (Fsp3) is 1.00. The van der Waals surface area contributed by atoms with Gasteiger partial charge >= 0.3 is 0 Å². The average Bonchev–Trinajstić information content (AvgIpc) is 1.30. The van der Waals surface area contributed by atoms with Gasteiger partial charge in [-0.25, -0.2) is 0 Å². The number of halogens is 2. The molecule has 3 heteroatoms. The smallest absolute Gasteiger partial charge is 0.0395 e. The molecule has 0 amide bonds. The van der Waals surface area contributed by atoms with Crippen molar-refractivity contribution >= 4 is 28.3 Å². The summed E-state index contributed by atoms with van der Waals surface area (Å²) < 4.78 is 0. The van der Waals surface area contributed by atoms with Crippen LogP contribution in [0.5, 0.6) is 0 Å². The Balaban J connectivity index is 0.000000250. The van der Waals surface area contributed by atoms with E-state index < -0.39 is 0 Å². The van der Waals surface area contributed by atoms with Crippen LogP contribution in [0.15, 0.2) is 0 Å². The number of hydrogen-bond donors (Lipinski definition) is 1. The highest BCUT2D eigenvalue weighted by Crippen LogP contribution is 2.01. The van der Waals surface area contributed by atoms with Crippen LogP contribution in [-0.4, -0.2) is 17.9 Å². The molecular weight excluding hydrogens is 165 g/mol. The van der Waals surface area contributed by atoms with Crippen molar-refractivity contribution in [2.24, 2.45) is 0 Å². The molecule has 0 radical (unpaired) electrons. The second-order valence-corrected chi connectivity index (χ2v) is 2.55. The lowest BCUT2D eigenvalue weighted by atomic mass is 10.3. The SMILES string of the molecule is BrC1CNC1.Cl. The van der Waals surface area contributed by atoms with E-state index in [2.05, 4.69) is 21.2 Å². The van der Waals surface area contributed by atoms with Crippen molar-refractivity contribution in [2.45, 2.75) is 4.83 Å². The lowest BCUT2D eigenvalue weighted by Gasteiger charge is -2.19. The van der Waals surface area contributed by atoms with Crippen LogP contribution in [-0.2, 0) is 0 Å². The predicted molar refractivity (Wildman–Crippen MR) is 32.8 cm³/mol. The van der Waals surface area contributed by atoms with Gasteiger partial charge in [-0.1, -0.05) is 15.9 Å². The molecular formula is C3H7BrClN. The molecule has 1 heterocycles. The van der Waals surface area contributed by atoms with E-state index in [1.165, 1.54) is 0 Å². The molecule has 0 bridgehead atoms. The van der Waals surface area contributed by atoms with Crippen molar-refractivity contribution in [1.82, 2.24) is 5.32 Å². The molecule has 1 fully saturated rings. The fourth-order valence-electron chi connectivity index (χ4n) is 0.253. The summed E-state index contributed by atoms with van der Waals surface area (Å²) in [5.41, 5.74) is 0. The normalized spacial score (nSPS) is 21.5. The summed E-state index contributed by atoms with van der Waals surface area (Å²) >= 11 is 3.40. The molecule has 1 aliphatic rings. The summed E-state index contributed by atoms with van der Waals surface area (Å²) in [4.78, 5) is 0.766. The number of alkyl halides is 1. The Labute approximate surface area is 52.0 Å². The standard InChI is InChI=1S/C3H6BrN.ClH/c4-3-1-5-2-3;/h3,5H,1-2H2;1H. The van der Waals surface area contributed by atoms with Crippen molar-refractivity contribution in [2.75, 3.05) is 13.1 Å². The first-order valence-corrected chi connectivity index (χ1v) is 2.66. The van der Waals surface area contributed by atoms with Crippen molar-refractivity contribution in [3.05, 3.63) is 0 Å². The third-order valence-electron chi connectivity index (χ3n) is 0.732. The predicted octanol–water partition coefficient (Wildman–Crippen LogP) is 0.775. The molecule has 38 valence electrons. The molecule has 1 saturated heterocycles. The molecule has 0 aromatic heterocycles. The van der Waals surface area contributed by atoms with Crippen molar-refractivity contribution in [1.29, 1.82) is 0 Å². The van der Waals surface area contributed by atoms with Crippen LogP contribution in [0.2, 0.25) is 0 Å². The minimum Gasteiger partial charge on any atom is -0.314 e. The zero-order valence-electron chi connectivity index (χ0n) is 3.28. The largest absolute Gasteiger partial charge is 0.314 e. The summed E-state index contributed by atoms with van der Waals surface area (Å²) in [6, 6.07) is 0. The van der Waals surface area contributed by atoms with Gasteiger partial charge in [0.15, 0.2) is 0 Å². The van der Waals surface area contributed by atoms with Gasteiger partial charge in [0.2, 0.25) is 0 Å². The van der Waals surface area contributed by atoms with Crippen LogP contribution in [0.1, 0.15) is 0 Å². The lowest BCUT2D eigenvalue weighted by Crippen LogP contribution is -2.42. The Morgan fingerprint density at radius 3 is 1.83 bits per heavy atom. The maximum Gasteiger partial charge on any atom is 0.0395 e. The van der Waals surface area contributed by atoms with E-state index in [4.69, 9.17) is 0 Å². The van der Waals surface area contributed by atoms with Gasteiger partial charge in [0.25, 0.3) is 0 Å². The second-order valence-electron chi connectivity index (χ2n) is 1.26. The zero-order chi connectivity index (χ0) is 3.70. The van der Waals surface area contributed by atoms with Crippen molar-refractivity contribution in [3.63, 3.8) is 0 Å². The minimum absolute atomic E-state index is 0. The quantitative estimate of drug-likeness (QED) is 0.533. The number of rotatable bonds is 0. The highest BCUT2D eigenvalue weighted by atomic mass is 79.9. The van der Waals surface area contributed by atoms with Crippen molar-refractivity contribution < 1.29 is 0 Å². The summed E-state index contributed by atoms with van der Waals surface area (Å²) in [5, 5.41) is 3.11. The molecule has 1 aliphatic heterocycles. The molecule has 0 aromatic carbocycles. The van der Waals surface area contributed by atoms with Crippen LogP contribution < -0.4 is 5.32 Å². The van der Waals surface area contributed by atoms with Crippen molar-refractivity contribution in [3.8, 4) is 0 Å². The van der Waals surface area contributed by atoms with Crippen LogP contribution in [0.25, 0.3) is 0 Å². The summed E-state index contributed by atoms with van der Waals surface area (Å²) in [6.45, 7) is 2.31. The van der Waals surface area contributed by atoms with Crippen LogP contribution in [0.4, 0.5) is 0 Å². The first-order valence-electron chi connectivity index (χ1n) is 1.74. The highest BCUT2D eigenvalue weighted by Gasteiger charge is 2.10. The van der Waals surface area contributed by atoms with Gasteiger partial charge in [0, 0.05) is 17.9 Å². The maximum absolute atomic E-state index is 3.40. The Bertz CT molecular complexity index is 37.8. The zero-order valence-corrected chi connectivity index (χ0v) is 5.68. The molecule has 0 saturated carbocycles. The monoisotopic (exact) mass is 171 g/mol. The van der Waals surface area contributed by atoms with E-state index in [1.54, 1.807) is 0 Å². The van der Waals surface area contributed by atoms with E-state index >= 15 is 0 Å². The lowest BCUT2D eigenvalue weighted by molar-refractivity contribution is 0.551. The average molecular weight is 172 g/mol. The maximum atomic E-state index is 3.40. The summed E-state index contributed by atoms with van der Waals surface area (Å²) in [7, 11) is 0. The molecule has 6 heavy (non-hydrogen) atoms. The third-order valence-corrected chi connectivity index (χ3v) is 1.38. The van der Waals surface area contributed by atoms with E-state index in [0.717, 1.165) is 17.9 Å². The number of hydrogen-bond acceptors (Lipinski definition) is 1. The molecule has 0 aromatic rings. The highest BCUT2D eigenvalue weighted by molar-refractivity contribution is 9.09. The number of nitrogens with one attached hydrogen (secondary N) is 1. The van der Waals surface area contributed by atoms with Crippen LogP contribution in [0.3, 0.4) is 0 Å². The first-order chi connectivity index (χ1) is 2.39. The van der Waals surface area contributed by atoms with Gasteiger partial charge < -0.3 is 5.32 Å². The fourth-order valence-corrected chi connectivity index (χ4v) is 0.711. The Morgan fingerprint density at radius 2 is 1.83 bits per heavy atom. The van der Waals surface area contributed by atoms with E-state index in [0.29, 0.717) is 0 Å². The summed E-state index contributed by atoms with van der Waals surface area (Å²) in [5.74, 6) is 0. The summed E-state index contributed by atoms with van der Waals surface area (Å²) in [6.07, 6.45) is 0. The molecule has 1 nitrogen and oxygen atoms in total. The van der Waals surface area contributed by atoms with Gasteiger partial charge in [-0.3, -0.25) is 0 Å². The van der Waals surface area contributed by atoms with Crippen LogP contribution in [0, 0.1) is 0 Å². The van der Waals surface area contributed by atoms with E-state index in [-0.39, 0.29) is 12.4 Å². The van der Waals surface area contributed by atoms with Gasteiger partial charge in [-0.05, 0) is 0 Å². The minimum atomic E-state index is 0. The Kier molecular flexibility index (Phi) is 3.17. The molecule has 0 atom stereocenters. The first kappa shape index (κ1) is 6.73. The molecule has 0 aliphatic carbocycles.